The topological polar surface area (TPSA) is 82.7 Å². The summed E-state index contributed by atoms with van der Waals surface area (Å²) in [5.74, 6) is 6.51. The SMILES string of the molecule is C=C.CC.CC.CC(=O)C(C)C(C)=O.CC(=O)c1ccc(C#CC2CC2)cc1.O. The van der Waals surface area contributed by atoms with E-state index in [9.17, 15) is 14.4 Å². The zero-order valence-corrected chi connectivity index (χ0v) is 19.5. The fourth-order valence-corrected chi connectivity index (χ4v) is 1.49. The molecular weight excluding hydrogens is 364 g/mol. The zero-order valence-electron chi connectivity index (χ0n) is 19.5. The lowest BCUT2D eigenvalue weighted by atomic mass is 10.0. The highest BCUT2D eigenvalue weighted by molar-refractivity contribution is 5.99. The molecule has 1 aromatic carbocycles. The van der Waals surface area contributed by atoms with Crippen LogP contribution < -0.4 is 0 Å². The summed E-state index contributed by atoms with van der Waals surface area (Å²) in [6.45, 7) is 20.0. The lowest BCUT2D eigenvalue weighted by Gasteiger charge is -1.97. The van der Waals surface area contributed by atoms with Crippen molar-refractivity contribution in [3.63, 3.8) is 0 Å². The van der Waals surface area contributed by atoms with Gasteiger partial charge in [-0.1, -0.05) is 51.7 Å². The lowest BCUT2D eigenvalue weighted by Crippen LogP contribution is -2.14. The smallest absolute Gasteiger partial charge is 0.159 e. The van der Waals surface area contributed by atoms with E-state index in [-0.39, 0.29) is 22.8 Å². The lowest BCUT2D eigenvalue weighted by molar-refractivity contribution is -0.129. The summed E-state index contributed by atoms with van der Waals surface area (Å²) in [6.07, 6.45) is 2.50. The molecule has 2 N–H and O–H groups in total. The number of carbonyl (C=O) groups excluding carboxylic acids is 3. The molecule has 0 saturated heterocycles. The third-order valence-electron chi connectivity index (χ3n) is 3.51. The Morgan fingerprint density at radius 2 is 1.28 bits per heavy atom. The molecule has 1 aromatic rings. The van der Waals surface area contributed by atoms with Gasteiger partial charge in [-0.2, -0.15) is 0 Å². The van der Waals surface area contributed by atoms with Crippen LogP contribution in [0.25, 0.3) is 0 Å². The van der Waals surface area contributed by atoms with E-state index < -0.39 is 5.92 Å². The molecule has 2 rings (SSSR count). The van der Waals surface area contributed by atoms with Gasteiger partial charge in [-0.3, -0.25) is 14.4 Å². The minimum Gasteiger partial charge on any atom is -0.412 e. The first-order chi connectivity index (χ1) is 13.3. The Morgan fingerprint density at radius 3 is 1.52 bits per heavy atom. The molecule has 0 bridgehead atoms. The van der Waals surface area contributed by atoms with Crippen LogP contribution in [-0.2, 0) is 9.59 Å². The summed E-state index contributed by atoms with van der Waals surface area (Å²) in [5.41, 5.74) is 1.75. The Balaban J connectivity index is -0.000000181. The van der Waals surface area contributed by atoms with Crippen LogP contribution >= 0.6 is 0 Å². The Bertz CT molecular complexity index is 615. The van der Waals surface area contributed by atoms with Crippen LogP contribution in [-0.4, -0.2) is 22.8 Å². The Morgan fingerprint density at radius 1 is 0.897 bits per heavy atom. The van der Waals surface area contributed by atoms with E-state index in [0.717, 1.165) is 11.1 Å². The molecule has 4 heteroatoms. The van der Waals surface area contributed by atoms with Gasteiger partial charge in [0.15, 0.2) is 5.78 Å². The molecule has 1 aliphatic rings. The summed E-state index contributed by atoms with van der Waals surface area (Å²) >= 11 is 0. The molecule has 0 heterocycles. The average molecular weight is 405 g/mol. The van der Waals surface area contributed by atoms with E-state index in [4.69, 9.17) is 0 Å². The highest BCUT2D eigenvalue weighted by Crippen LogP contribution is 2.27. The van der Waals surface area contributed by atoms with Crippen molar-refractivity contribution in [3.05, 3.63) is 48.6 Å². The van der Waals surface area contributed by atoms with Crippen molar-refractivity contribution in [1.29, 1.82) is 0 Å². The molecule has 0 aliphatic heterocycles. The highest BCUT2D eigenvalue weighted by Gasteiger charge is 2.17. The van der Waals surface area contributed by atoms with Crippen LogP contribution in [0.3, 0.4) is 0 Å². The van der Waals surface area contributed by atoms with Gasteiger partial charge < -0.3 is 5.48 Å². The number of benzene rings is 1. The van der Waals surface area contributed by atoms with Gasteiger partial charge in [0.2, 0.25) is 0 Å². The average Bonchev–Trinajstić information content (AvgIpc) is 3.55. The molecule has 164 valence electrons. The second-order valence-electron chi connectivity index (χ2n) is 5.62. The number of carbonyl (C=O) groups is 3. The minimum atomic E-state index is -0.407. The second kappa shape index (κ2) is 21.8. The first-order valence-corrected chi connectivity index (χ1v) is 9.94. The second-order valence-corrected chi connectivity index (χ2v) is 5.62. The molecule has 0 radical (unpaired) electrons. The summed E-state index contributed by atoms with van der Waals surface area (Å²) in [7, 11) is 0. The van der Waals surface area contributed by atoms with Crippen molar-refractivity contribution in [2.75, 3.05) is 0 Å². The van der Waals surface area contributed by atoms with Crippen molar-refractivity contribution < 1.29 is 19.9 Å². The maximum Gasteiger partial charge on any atom is 0.159 e. The first-order valence-electron chi connectivity index (χ1n) is 9.94. The molecule has 0 spiro atoms. The van der Waals surface area contributed by atoms with E-state index in [0.29, 0.717) is 5.92 Å². The number of hydrogen-bond acceptors (Lipinski definition) is 3. The maximum absolute atomic E-state index is 11.0. The molecule has 4 nitrogen and oxygen atoms in total. The molecule has 0 atom stereocenters. The summed E-state index contributed by atoms with van der Waals surface area (Å²) in [4.78, 5) is 31.7. The molecule has 0 aromatic heterocycles. The summed E-state index contributed by atoms with van der Waals surface area (Å²) < 4.78 is 0. The fourth-order valence-electron chi connectivity index (χ4n) is 1.49. The van der Waals surface area contributed by atoms with E-state index in [1.165, 1.54) is 26.7 Å². The number of Topliss-reactive ketones (excluding diaryl/α,β-unsaturated/α-hetero) is 3. The van der Waals surface area contributed by atoms with Crippen LogP contribution in [0.4, 0.5) is 0 Å². The van der Waals surface area contributed by atoms with Gasteiger partial charge in [-0.25, -0.2) is 0 Å². The van der Waals surface area contributed by atoms with E-state index in [1.807, 2.05) is 52.0 Å². The molecule has 1 saturated carbocycles. The van der Waals surface area contributed by atoms with E-state index in [1.54, 1.807) is 13.8 Å². The zero-order chi connectivity index (χ0) is 22.7. The van der Waals surface area contributed by atoms with Crippen molar-refractivity contribution >= 4 is 17.3 Å². The van der Waals surface area contributed by atoms with Gasteiger partial charge in [0, 0.05) is 17.0 Å². The molecule has 1 aliphatic carbocycles. The van der Waals surface area contributed by atoms with Crippen LogP contribution in [0.2, 0.25) is 0 Å². The first kappa shape index (κ1) is 34.0. The van der Waals surface area contributed by atoms with Gasteiger partial charge >= 0.3 is 0 Å². The monoisotopic (exact) mass is 404 g/mol. The van der Waals surface area contributed by atoms with Crippen molar-refractivity contribution in [2.24, 2.45) is 11.8 Å². The fraction of sp³-hybridized carbons (Fsp3) is 0.480. The summed E-state index contributed by atoms with van der Waals surface area (Å²) in [6, 6.07) is 7.48. The van der Waals surface area contributed by atoms with E-state index in [2.05, 4.69) is 25.0 Å². The number of rotatable bonds is 3. The highest BCUT2D eigenvalue weighted by atomic mass is 16.1. The Labute approximate surface area is 178 Å². The minimum absolute atomic E-state index is 0. The van der Waals surface area contributed by atoms with Crippen LogP contribution in [0, 0.1) is 23.7 Å². The number of ketones is 3. The van der Waals surface area contributed by atoms with E-state index >= 15 is 0 Å². The normalized spacial score (nSPS) is 10.1. The predicted octanol–water partition coefficient (Wildman–Crippen LogP) is 5.48. The molecule has 0 unspecified atom stereocenters. The van der Waals surface area contributed by atoms with Crippen molar-refractivity contribution in [1.82, 2.24) is 0 Å². The largest absolute Gasteiger partial charge is 0.412 e. The van der Waals surface area contributed by atoms with Gasteiger partial charge in [0.25, 0.3) is 0 Å². The third kappa shape index (κ3) is 18.6. The summed E-state index contributed by atoms with van der Waals surface area (Å²) in [5, 5.41) is 0. The quantitative estimate of drug-likeness (QED) is 0.289. The molecule has 29 heavy (non-hydrogen) atoms. The standard InChI is InChI=1S/C13H12O.C6H10O2.2C2H6.C2H4.H2O/c1-10(14)13-8-6-12(7-9-13)5-4-11-2-3-11;1-4(5(2)7)6(3)8;3*1-2;/h6-9,11H,2-3H2,1H3;4H,1-3H3;2*1-2H3;1-2H2;1H2. The predicted molar refractivity (Wildman–Crippen MR) is 124 cm³/mol. The molecular formula is C25H40O4. The van der Waals surface area contributed by atoms with Gasteiger partial charge in [-0.15, -0.1) is 13.2 Å². The third-order valence-corrected chi connectivity index (χ3v) is 3.51. The van der Waals surface area contributed by atoms with Gasteiger partial charge in [0.05, 0.1) is 5.92 Å². The maximum atomic E-state index is 11.0. The van der Waals surface area contributed by atoms with Crippen LogP contribution in [0.15, 0.2) is 37.4 Å². The molecule has 1 fully saturated rings. The van der Waals surface area contributed by atoms with Gasteiger partial charge in [0.1, 0.15) is 11.6 Å². The Kier molecular flexibility index (Phi) is 25.6. The Hall–Kier alpha value is -2.51. The van der Waals surface area contributed by atoms with Crippen molar-refractivity contribution in [3.8, 4) is 11.8 Å². The molecule has 0 amide bonds. The van der Waals surface area contributed by atoms with Crippen LogP contribution in [0.5, 0.6) is 0 Å². The number of hydrogen-bond donors (Lipinski definition) is 0. The van der Waals surface area contributed by atoms with Gasteiger partial charge in [-0.05, 0) is 52.7 Å². The van der Waals surface area contributed by atoms with Crippen molar-refractivity contribution in [2.45, 2.75) is 68.2 Å². The van der Waals surface area contributed by atoms with Crippen LogP contribution in [0.1, 0.15) is 84.2 Å².